The van der Waals surface area contributed by atoms with E-state index in [1.54, 1.807) is 13.0 Å². The number of hydrogen-bond acceptors (Lipinski definition) is 2. The van der Waals surface area contributed by atoms with Crippen LogP contribution in [-0.2, 0) is 13.1 Å². The van der Waals surface area contributed by atoms with Crippen molar-refractivity contribution >= 4 is 5.78 Å². The molecule has 23 heavy (non-hydrogen) atoms. The van der Waals surface area contributed by atoms with Crippen LogP contribution < -0.4 is 5.56 Å². The van der Waals surface area contributed by atoms with Crippen LogP contribution in [0.2, 0.25) is 0 Å². The van der Waals surface area contributed by atoms with Crippen LogP contribution in [0.5, 0.6) is 0 Å². The zero-order valence-corrected chi connectivity index (χ0v) is 13.1. The molecule has 0 saturated heterocycles. The Morgan fingerprint density at radius 3 is 2.39 bits per heavy atom. The van der Waals surface area contributed by atoms with Gasteiger partial charge in [-0.25, -0.2) is 0 Å². The summed E-state index contributed by atoms with van der Waals surface area (Å²) in [5, 5.41) is 0. The number of pyridine rings is 1. The van der Waals surface area contributed by atoms with E-state index < -0.39 is 18.5 Å². The zero-order chi connectivity index (χ0) is 17.4. The Morgan fingerprint density at radius 2 is 1.83 bits per heavy atom. The SMILES string of the molecule is Cc1ccn(CC(=O)c2cc(C)n(CC(F)(F)F)c2C)c(=O)c1. The second-order valence-corrected chi connectivity index (χ2v) is 5.58. The van der Waals surface area contributed by atoms with Gasteiger partial charge in [-0.05, 0) is 38.5 Å². The van der Waals surface area contributed by atoms with Crippen LogP contribution in [0.4, 0.5) is 13.2 Å². The van der Waals surface area contributed by atoms with Gasteiger partial charge in [0.2, 0.25) is 0 Å². The van der Waals surface area contributed by atoms with E-state index in [-0.39, 0.29) is 23.4 Å². The second kappa shape index (κ2) is 6.06. The number of carbonyl (C=O) groups is 1. The fraction of sp³-hybridized carbons (Fsp3) is 0.375. The number of nitrogens with zero attached hydrogens (tertiary/aromatic N) is 2. The van der Waals surface area contributed by atoms with Gasteiger partial charge in [0.05, 0.1) is 6.54 Å². The van der Waals surface area contributed by atoms with Crippen LogP contribution in [0.3, 0.4) is 0 Å². The number of ketones is 1. The number of carbonyl (C=O) groups excluding carboxylic acids is 1. The molecule has 0 aliphatic heterocycles. The third-order valence-corrected chi connectivity index (χ3v) is 3.68. The molecule has 2 aromatic rings. The molecule has 124 valence electrons. The van der Waals surface area contributed by atoms with Crippen molar-refractivity contribution in [2.75, 3.05) is 0 Å². The first-order valence-corrected chi connectivity index (χ1v) is 7.02. The lowest BCUT2D eigenvalue weighted by atomic mass is 10.1. The summed E-state index contributed by atoms with van der Waals surface area (Å²) in [7, 11) is 0. The van der Waals surface area contributed by atoms with Crippen LogP contribution >= 0.6 is 0 Å². The van der Waals surface area contributed by atoms with E-state index in [2.05, 4.69) is 0 Å². The summed E-state index contributed by atoms with van der Waals surface area (Å²) < 4.78 is 40.1. The van der Waals surface area contributed by atoms with Crippen LogP contribution in [0.25, 0.3) is 0 Å². The molecular formula is C16H17F3N2O2. The van der Waals surface area contributed by atoms with E-state index in [4.69, 9.17) is 0 Å². The van der Waals surface area contributed by atoms with Gasteiger partial charge < -0.3 is 9.13 Å². The van der Waals surface area contributed by atoms with Gasteiger partial charge in [-0.1, -0.05) is 0 Å². The monoisotopic (exact) mass is 326 g/mol. The van der Waals surface area contributed by atoms with Crippen LogP contribution in [0.1, 0.15) is 27.3 Å². The summed E-state index contributed by atoms with van der Waals surface area (Å²) in [6.07, 6.45) is -2.85. The molecule has 0 N–H and O–H groups in total. The Hall–Kier alpha value is -2.31. The summed E-state index contributed by atoms with van der Waals surface area (Å²) in [5.41, 5.74) is 1.29. The predicted molar refractivity (Wildman–Crippen MR) is 79.7 cm³/mol. The maximum Gasteiger partial charge on any atom is 0.406 e. The van der Waals surface area contributed by atoms with Gasteiger partial charge in [-0.15, -0.1) is 0 Å². The van der Waals surface area contributed by atoms with E-state index in [1.807, 2.05) is 0 Å². The summed E-state index contributed by atoms with van der Waals surface area (Å²) >= 11 is 0. The van der Waals surface area contributed by atoms with Gasteiger partial charge in [-0.3, -0.25) is 9.59 Å². The minimum Gasteiger partial charge on any atom is -0.339 e. The van der Waals surface area contributed by atoms with Crippen molar-refractivity contribution in [2.24, 2.45) is 0 Å². The molecule has 2 heterocycles. The van der Waals surface area contributed by atoms with Crippen molar-refractivity contribution in [1.82, 2.24) is 9.13 Å². The van der Waals surface area contributed by atoms with Crippen molar-refractivity contribution < 1.29 is 18.0 Å². The van der Waals surface area contributed by atoms with Crippen LogP contribution in [0, 0.1) is 20.8 Å². The van der Waals surface area contributed by atoms with Gasteiger partial charge in [0, 0.05) is 29.2 Å². The van der Waals surface area contributed by atoms with Crippen LogP contribution in [-0.4, -0.2) is 21.1 Å². The van der Waals surface area contributed by atoms with Crippen molar-refractivity contribution in [3.05, 3.63) is 57.3 Å². The Balaban J connectivity index is 2.30. The molecule has 7 heteroatoms. The van der Waals surface area contributed by atoms with E-state index >= 15 is 0 Å². The molecule has 0 atom stereocenters. The molecule has 0 unspecified atom stereocenters. The maximum absolute atomic E-state index is 12.6. The molecule has 0 fully saturated rings. The van der Waals surface area contributed by atoms with Crippen molar-refractivity contribution in [3.63, 3.8) is 0 Å². The number of halogens is 3. The molecular weight excluding hydrogens is 309 g/mol. The number of alkyl halides is 3. The fourth-order valence-electron chi connectivity index (χ4n) is 2.48. The average Bonchev–Trinajstić information content (AvgIpc) is 2.68. The Labute approximate surface area is 131 Å². The lowest BCUT2D eigenvalue weighted by molar-refractivity contribution is -0.141. The predicted octanol–water partition coefficient (Wildman–Crippen LogP) is 3.02. The number of hydrogen-bond donors (Lipinski definition) is 0. The van der Waals surface area contributed by atoms with Gasteiger partial charge >= 0.3 is 6.18 Å². The van der Waals surface area contributed by atoms with E-state index in [9.17, 15) is 22.8 Å². The molecule has 2 rings (SSSR count). The highest BCUT2D eigenvalue weighted by Crippen LogP contribution is 2.23. The lowest BCUT2D eigenvalue weighted by Crippen LogP contribution is -2.24. The molecule has 0 amide bonds. The number of Topliss-reactive ketones (excluding diaryl/α,β-unsaturated/α-hetero) is 1. The molecule has 0 bridgehead atoms. The first-order chi connectivity index (χ1) is 10.6. The topological polar surface area (TPSA) is 44.0 Å². The minimum absolute atomic E-state index is 0.199. The van der Waals surface area contributed by atoms with Gasteiger partial charge in [0.1, 0.15) is 6.54 Å². The summed E-state index contributed by atoms with van der Waals surface area (Å²) in [5.74, 6) is -0.391. The largest absolute Gasteiger partial charge is 0.406 e. The highest BCUT2D eigenvalue weighted by atomic mass is 19.4. The van der Waals surface area contributed by atoms with Gasteiger partial charge in [0.25, 0.3) is 5.56 Å². The van der Waals surface area contributed by atoms with E-state index in [0.717, 1.165) is 10.1 Å². The first kappa shape index (κ1) is 17.1. The molecule has 0 spiro atoms. The first-order valence-electron chi connectivity index (χ1n) is 7.02. The summed E-state index contributed by atoms with van der Waals surface area (Å²) in [6.45, 7) is 3.42. The van der Waals surface area contributed by atoms with E-state index in [0.29, 0.717) is 5.69 Å². The molecule has 0 aliphatic rings. The molecule has 0 aromatic carbocycles. The van der Waals surface area contributed by atoms with E-state index in [1.165, 1.54) is 36.7 Å². The zero-order valence-electron chi connectivity index (χ0n) is 13.1. The van der Waals surface area contributed by atoms with Crippen molar-refractivity contribution in [1.29, 1.82) is 0 Å². The molecule has 0 radical (unpaired) electrons. The fourth-order valence-corrected chi connectivity index (χ4v) is 2.48. The van der Waals surface area contributed by atoms with Crippen molar-refractivity contribution in [3.8, 4) is 0 Å². The summed E-state index contributed by atoms with van der Waals surface area (Å²) in [6, 6.07) is 4.53. The molecule has 0 aliphatic carbocycles. The number of rotatable bonds is 4. The average molecular weight is 326 g/mol. The summed E-state index contributed by atoms with van der Waals surface area (Å²) in [4.78, 5) is 24.2. The van der Waals surface area contributed by atoms with Gasteiger partial charge in [-0.2, -0.15) is 13.2 Å². The normalized spacial score (nSPS) is 11.7. The lowest BCUT2D eigenvalue weighted by Gasteiger charge is -2.12. The number of aryl methyl sites for hydroxylation is 2. The smallest absolute Gasteiger partial charge is 0.339 e. The number of aromatic nitrogens is 2. The third kappa shape index (κ3) is 3.91. The van der Waals surface area contributed by atoms with Crippen LogP contribution in [0.15, 0.2) is 29.2 Å². The molecule has 2 aromatic heterocycles. The van der Waals surface area contributed by atoms with Crippen molar-refractivity contribution in [2.45, 2.75) is 40.0 Å². The highest BCUT2D eigenvalue weighted by molar-refractivity contribution is 5.97. The molecule has 4 nitrogen and oxygen atoms in total. The minimum atomic E-state index is -4.36. The Bertz CT molecular complexity index is 801. The quantitative estimate of drug-likeness (QED) is 0.811. The maximum atomic E-state index is 12.6. The third-order valence-electron chi connectivity index (χ3n) is 3.68. The van der Waals surface area contributed by atoms with Gasteiger partial charge in [0.15, 0.2) is 5.78 Å². The second-order valence-electron chi connectivity index (χ2n) is 5.58. The molecule has 0 saturated carbocycles. The Kier molecular flexibility index (Phi) is 4.49. The standard InChI is InChI=1S/C16H17F3N2O2/c1-10-4-5-20(15(23)6-10)8-14(22)13-7-11(2)21(12(13)3)9-16(17,18)19/h4-7H,8-9H2,1-3H3. The Morgan fingerprint density at radius 1 is 1.17 bits per heavy atom. The highest BCUT2D eigenvalue weighted by Gasteiger charge is 2.30.